The minimum absolute atomic E-state index is 0.0681. The lowest BCUT2D eigenvalue weighted by Gasteiger charge is -2.22. The molecule has 3 aromatic carbocycles. The van der Waals surface area contributed by atoms with Crippen LogP contribution in [0, 0.1) is 0 Å². The predicted molar refractivity (Wildman–Crippen MR) is 129 cm³/mol. The number of anilines is 1. The van der Waals surface area contributed by atoms with Crippen LogP contribution in [0.15, 0.2) is 72.8 Å². The van der Waals surface area contributed by atoms with E-state index in [1.165, 1.54) is 0 Å². The fourth-order valence-corrected chi connectivity index (χ4v) is 3.80. The monoisotopic (exact) mass is 460 g/mol. The van der Waals surface area contributed by atoms with Crippen molar-refractivity contribution in [2.24, 2.45) is 0 Å². The molecule has 1 N–H and O–H groups in total. The Bertz CT molecular complexity index is 1130. The standard InChI is InChI=1S/C27H28N2O5/c1-19-26(30)29(15-14-20-8-11-24(32-2)12-9-20)17-22-16-23(10-13-25(22)34-19)28-27(31)33-18-21-6-4-3-5-7-21/h3-13,16,19H,14-15,17-18H2,1-2H3,(H,28,31)/t19-/m1/s1. The van der Waals surface area contributed by atoms with Crippen LogP contribution in [0.3, 0.4) is 0 Å². The van der Waals surface area contributed by atoms with Gasteiger partial charge < -0.3 is 19.1 Å². The number of benzene rings is 3. The third-order valence-corrected chi connectivity index (χ3v) is 5.67. The molecule has 34 heavy (non-hydrogen) atoms. The van der Waals surface area contributed by atoms with Gasteiger partial charge in [0.25, 0.3) is 5.91 Å². The van der Waals surface area contributed by atoms with Gasteiger partial charge in [0.1, 0.15) is 18.1 Å². The van der Waals surface area contributed by atoms with E-state index in [1.54, 1.807) is 31.1 Å². The van der Waals surface area contributed by atoms with Crippen molar-refractivity contribution in [1.82, 2.24) is 4.90 Å². The van der Waals surface area contributed by atoms with E-state index in [-0.39, 0.29) is 12.5 Å². The van der Waals surface area contributed by atoms with Gasteiger partial charge in [-0.2, -0.15) is 0 Å². The second kappa shape index (κ2) is 10.7. The topological polar surface area (TPSA) is 77.1 Å². The third-order valence-electron chi connectivity index (χ3n) is 5.67. The van der Waals surface area contributed by atoms with Crippen LogP contribution in [0.4, 0.5) is 10.5 Å². The summed E-state index contributed by atoms with van der Waals surface area (Å²) in [5.74, 6) is 1.37. The molecule has 1 aliphatic heterocycles. The molecule has 4 rings (SSSR count). The van der Waals surface area contributed by atoms with E-state index in [9.17, 15) is 9.59 Å². The van der Waals surface area contributed by atoms with Crippen molar-refractivity contribution in [2.45, 2.75) is 32.6 Å². The maximum absolute atomic E-state index is 12.9. The molecule has 0 bridgehead atoms. The van der Waals surface area contributed by atoms with E-state index in [1.807, 2.05) is 60.7 Å². The zero-order valence-electron chi connectivity index (χ0n) is 19.3. The number of nitrogens with zero attached hydrogens (tertiary/aromatic N) is 1. The maximum atomic E-state index is 12.9. The fraction of sp³-hybridized carbons (Fsp3) is 0.259. The fourth-order valence-electron chi connectivity index (χ4n) is 3.80. The van der Waals surface area contributed by atoms with Crippen LogP contribution in [0.5, 0.6) is 11.5 Å². The Morgan fingerprint density at radius 1 is 1.06 bits per heavy atom. The average Bonchev–Trinajstić information content (AvgIpc) is 2.98. The van der Waals surface area contributed by atoms with Gasteiger partial charge in [-0.25, -0.2) is 4.79 Å². The summed E-state index contributed by atoms with van der Waals surface area (Å²) in [4.78, 5) is 27.0. The Hall–Kier alpha value is -4.00. The maximum Gasteiger partial charge on any atom is 0.411 e. The Labute approximate surface area is 199 Å². The average molecular weight is 461 g/mol. The van der Waals surface area contributed by atoms with Crippen molar-refractivity contribution in [3.8, 4) is 11.5 Å². The molecule has 0 saturated heterocycles. The molecule has 0 aromatic heterocycles. The number of carbonyl (C=O) groups excluding carboxylic acids is 2. The first-order valence-electron chi connectivity index (χ1n) is 11.2. The minimum atomic E-state index is -0.591. The zero-order chi connectivity index (χ0) is 23.9. The van der Waals surface area contributed by atoms with E-state index in [0.29, 0.717) is 30.9 Å². The van der Waals surface area contributed by atoms with Gasteiger partial charge in [-0.1, -0.05) is 42.5 Å². The second-order valence-electron chi connectivity index (χ2n) is 8.13. The summed E-state index contributed by atoms with van der Waals surface area (Å²) >= 11 is 0. The molecule has 3 aromatic rings. The summed E-state index contributed by atoms with van der Waals surface area (Å²) in [6.45, 7) is 2.88. The molecule has 0 spiro atoms. The van der Waals surface area contributed by atoms with Gasteiger partial charge in [0, 0.05) is 24.3 Å². The molecule has 1 heterocycles. The molecule has 1 atom stereocenters. The lowest BCUT2D eigenvalue weighted by atomic mass is 10.1. The number of methoxy groups -OCH3 is 1. The highest BCUT2D eigenvalue weighted by Gasteiger charge is 2.28. The van der Waals surface area contributed by atoms with Crippen molar-refractivity contribution in [1.29, 1.82) is 0 Å². The summed E-state index contributed by atoms with van der Waals surface area (Å²) in [5, 5.41) is 2.76. The first kappa shape index (κ1) is 23.2. The number of hydrogen-bond acceptors (Lipinski definition) is 5. The smallest absolute Gasteiger partial charge is 0.411 e. The Kier molecular flexibility index (Phi) is 7.32. The molecule has 0 unspecified atom stereocenters. The van der Waals surface area contributed by atoms with Gasteiger partial charge in [-0.3, -0.25) is 10.1 Å². The van der Waals surface area contributed by atoms with Crippen LogP contribution >= 0.6 is 0 Å². The number of carbonyl (C=O) groups is 2. The molecule has 7 heteroatoms. The van der Waals surface area contributed by atoms with Crippen molar-refractivity contribution < 1.29 is 23.8 Å². The van der Waals surface area contributed by atoms with E-state index in [2.05, 4.69) is 5.32 Å². The van der Waals surface area contributed by atoms with Crippen molar-refractivity contribution >= 4 is 17.7 Å². The molecule has 0 fully saturated rings. The van der Waals surface area contributed by atoms with Crippen LogP contribution in [0.25, 0.3) is 0 Å². The van der Waals surface area contributed by atoms with E-state index in [0.717, 1.165) is 22.4 Å². The predicted octanol–water partition coefficient (Wildman–Crippen LogP) is 4.80. The van der Waals surface area contributed by atoms with Crippen LogP contribution in [-0.2, 0) is 29.1 Å². The quantitative estimate of drug-likeness (QED) is 0.548. The zero-order valence-corrected chi connectivity index (χ0v) is 19.3. The largest absolute Gasteiger partial charge is 0.497 e. The number of rotatable bonds is 7. The van der Waals surface area contributed by atoms with Crippen LogP contribution in [0.2, 0.25) is 0 Å². The summed E-state index contributed by atoms with van der Waals surface area (Å²) in [5.41, 5.74) is 3.43. The van der Waals surface area contributed by atoms with E-state index in [4.69, 9.17) is 14.2 Å². The Morgan fingerprint density at radius 2 is 1.82 bits per heavy atom. The van der Waals surface area contributed by atoms with Crippen LogP contribution < -0.4 is 14.8 Å². The molecule has 0 saturated carbocycles. The molecule has 7 nitrogen and oxygen atoms in total. The number of amides is 2. The first-order chi connectivity index (χ1) is 16.5. The van der Waals surface area contributed by atoms with Gasteiger partial charge in [-0.05, 0) is 54.8 Å². The third kappa shape index (κ3) is 5.86. The van der Waals surface area contributed by atoms with E-state index >= 15 is 0 Å². The number of ether oxygens (including phenoxy) is 3. The molecule has 0 radical (unpaired) electrons. The highest BCUT2D eigenvalue weighted by atomic mass is 16.5. The summed E-state index contributed by atoms with van der Waals surface area (Å²) in [6.07, 6.45) is -0.424. The van der Waals surface area contributed by atoms with Crippen molar-refractivity contribution in [3.05, 3.63) is 89.5 Å². The lowest BCUT2D eigenvalue weighted by Crippen LogP contribution is -2.39. The minimum Gasteiger partial charge on any atom is -0.497 e. The van der Waals surface area contributed by atoms with Gasteiger partial charge in [-0.15, -0.1) is 0 Å². The highest BCUT2D eigenvalue weighted by molar-refractivity contribution is 5.85. The summed E-state index contributed by atoms with van der Waals surface area (Å²) in [6, 6.07) is 22.7. The molecular weight excluding hydrogens is 432 g/mol. The SMILES string of the molecule is COc1ccc(CCN2Cc3cc(NC(=O)OCc4ccccc4)ccc3O[C@H](C)C2=O)cc1. The molecule has 1 aliphatic rings. The summed E-state index contributed by atoms with van der Waals surface area (Å²) in [7, 11) is 1.63. The Balaban J connectivity index is 1.41. The first-order valence-corrected chi connectivity index (χ1v) is 11.2. The number of fused-ring (bicyclic) bond motifs is 1. The van der Waals surface area contributed by atoms with Gasteiger partial charge >= 0.3 is 6.09 Å². The highest BCUT2D eigenvalue weighted by Crippen LogP contribution is 2.29. The molecule has 2 amide bonds. The summed E-state index contributed by atoms with van der Waals surface area (Å²) < 4.78 is 16.4. The number of nitrogens with one attached hydrogen (secondary N) is 1. The van der Waals surface area contributed by atoms with Gasteiger partial charge in [0.05, 0.1) is 7.11 Å². The van der Waals surface area contributed by atoms with Gasteiger partial charge in [0.2, 0.25) is 0 Å². The van der Waals surface area contributed by atoms with Crippen molar-refractivity contribution in [2.75, 3.05) is 19.0 Å². The van der Waals surface area contributed by atoms with Gasteiger partial charge in [0.15, 0.2) is 6.10 Å². The molecule has 0 aliphatic carbocycles. The van der Waals surface area contributed by atoms with Crippen LogP contribution in [0.1, 0.15) is 23.6 Å². The second-order valence-corrected chi connectivity index (χ2v) is 8.13. The Morgan fingerprint density at radius 3 is 2.56 bits per heavy atom. The van der Waals surface area contributed by atoms with Crippen LogP contribution in [-0.4, -0.2) is 36.7 Å². The lowest BCUT2D eigenvalue weighted by molar-refractivity contribution is -0.137. The molecular formula is C27H28N2O5. The van der Waals surface area contributed by atoms with Crippen molar-refractivity contribution in [3.63, 3.8) is 0 Å². The molecule has 176 valence electrons. The normalized spacial score (nSPS) is 15.1. The number of hydrogen-bond donors (Lipinski definition) is 1. The van der Waals surface area contributed by atoms with E-state index < -0.39 is 12.2 Å².